The minimum absolute atomic E-state index is 0.165. The molecule has 0 aromatic heterocycles. The first-order valence-corrected chi connectivity index (χ1v) is 6.96. The van der Waals surface area contributed by atoms with Gasteiger partial charge in [0.05, 0.1) is 5.56 Å². The quantitative estimate of drug-likeness (QED) is 0.717. The number of carbonyl (C=O) groups is 1. The second-order valence-corrected chi connectivity index (χ2v) is 4.85. The van der Waals surface area contributed by atoms with Crippen LogP contribution in [0.15, 0.2) is 36.9 Å². The number of ether oxygens (including phenoxy) is 1. The molecule has 0 aliphatic carbocycles. The van der Waals surface area contributed by atoms with Crippen molar-refractivity contribution in [2.75, 3.05) is 13.2 Å². The molecule has 0 saturated heterocycles. The maximum absolute atomic E-state index is 12.2. The number of carbonyl (C=O) groups excluding carboxylic acids is 1. The molecule has 1 aromatic carbocycles. The van der Waals surface area contributed by atoms with Gasteiger partial charge in [-0.25, -0.2) is 0 Å². The van der Waals surface area contributed by atoms with E-state index >= 15 is 0 Å². The second kappa shape index (κ2) is 7.70. The number of nitrogens with one attached hydrogen (secondary N) is 1. The van der Waals surface area contributed by atoms with Crippen molar-refractivity contribution in [2.45, 2.75) is 32.2 Å². The fraction of sp³-hybridized carbons (Fsp3) is 0.438. The highest BCUT2D eigenvalue weighted by Gasteiger charge is 2.22. The topological polar surface area (TPSA) is 64.3 Å². The molecule has 3 N–H and O–H groups in total. The van der Waals surface area contributed by atoms with E-state index in [1.165, 1.54) is 0 Å². The number of hydrogen-bond acceptors (Lipinski definition) is 3. The minimum Gasteiger partial charge on any atom is -0.489 e. The second-order valence-electron chi connectivity index (χ2n) is 4.85. The van der Waals surface area contributed by atoms with Crippen LogP contribution < -0.4 is 15.8 Å². The Bertz CT molecular complexity index is 454. The Morgan fingerprint density at radius 2 is 2.05 bits per heavy atom. The predicted octanol–water partition coefficient (Wildman–Crippen LogP) is 2.50. The van der Waals surface area contributed by atoms with Crippen molar-refractivity contribution in [1.82, 2.24) is 5.32 Å². The van der Waals surface area contributed by atoms with Crippen molar-refractivity contribution >= 4 is 5.91 Å². The molecule has 0 unspecified atom stereocenters. The van der Waals surface area contributed by atoms with Crippen LogP contribution in [0.4, 0.5) is 0 Å². The summed E-state index contributed by atoms with van der Waals surface area (Å²) < 4.78 is 5.48. The first-order chi connectivity index (χ1) is 9.56. The molecule has 110 valence electrons. The summed E-state index contributed by atoms with van der Waals surface area (Å²) in [5.74, 6) is 0.391. The largest absolute Gasteiger partial charge is 0.489 e. The van der Waals surface area contributed by atoms with Gasteiger partial charge in [-0.2, -0.15) is 0 Å². The van der Waals surface area contributed by atoms with Gasteiger partial charge >= 0.3 is 0 Å². The van der Waals surface area contributed by atoms with Gasteiger partial charge in [0.1, 0.15) is 12.4 Å². The number of amides is 1. The number of para-hydroxylation sites is 1. The highest BCUT2D eigenvalue weighted by atomic mass is 16.5. The minimum atomic E-state index is -0.355. The lowest BCUT2D eigenvalue weighted by molar-refractivity contribution is 0.0938. The molecule has 1 aromatic rings. The molecule has 4 nitrogen and oxygen atoms in total. The van der Waals surface area contributed by atoms with Crippen molar-refractivity contribution in [1.29, 1.82) is 0 Å². The van der Waals surface area contributed by atoms with Crippen LogP contribution >= 0.6 is 0 Å². The lowest BCUT2D eigenvalue weighted by Gasteiger charge is -2.27. The maximum atomic E-state index is 12.2. The molecular weight excluding hydrogens is 252 g/mol. The molecule has 1 amide bonds. The molecule has 0 fully saturated rings. The van der Waals surface area contributed by atoms with E-state index in [-0.39, 0.29) is 11.4 Å². The summed E-state index contributed by atoms with van der Waals surface area (Å²) in [6.45, 7) is 8.47. The standard InChI is InChI=1S/C16H24N2O2/c1-4-11-20-14-10-8-7-9-13(14)15(19)18-12-16(17,5-2)6-3/h4,7-10H,1,5-6,11-12,17H2,2-3H3,(H,18,19). The Hall–Kier alpha value is -1.81. The zero-order valence-corrected chi connectivity index (χ0v) is 12.3. The number of benzene rings is 1. The number of rotatable bonds is 8. The Labute approximate surface area is 121 Å². The molecule has 0 atom stereocenters. The van der Waals surface area contributed by atoms with Crippen LogP contribution in [0, 0.1) is 0 Å². The Kier molecular flexibility index (Phi) is 6.25. The highest BCUT2D eigenvalue weighted by molar-refractivity contribution is 5.96. The SMILES string of the molecule is C=CCOc1ccccc1C(=O)NCC(N)(CC)CC. The molecule has 0 aliphatic rings. The smallest absolute Gasteiger partial charge is 0.255 e. The number of nitrogens with two attached hydrogens (primary N) is 1. The third kappa shape index (κ3) is 4.38. The zero-order chi connectivity index (χ0) is 15.0. The summed E-state index contributed by atoms with van der Waals surface area (Å²) in [7, 11) is 0. The van der Waals surface area contributed by atoms with Gasteiger partial charge in [0.15, 0.2) is 0 Å². The highest BCUT2D eigenvalue weighted by Crippen LogP contribution is 2.18. The van der Waals surface area contributed by atoms with E-state index in [4.69, 9.17) is 10.5 Å². The molecule has 0 radical (unpaired) electrons. The first-order valence-electron chi connectivity index (χ1n) is 6.96. The average Bonchev–Trinajstić information content (AvgIpc) is 2.50. The van der Waals surface area contributed by atoms with Gasteiger partial charge < -0.3 is 15.8 Å². The molecular formula is C16H24N2O2. The summed E-state index contributed by atoms with van der Waals surface area (Å²) in [6.07, 6.45) is 3.28. The van der Waals surface area contributed by atoms with Crippen LogP contribution in [0.5, 0.6) is 5.75 Å². The number of hydrogen-bond donors (Lipinski definition) is 2. The van der Waals surface area contributed by atoms with E-state index in [1.807, 2.05) is 26.0 Å². The van der Waals surface area contributed by atoms with Gasteiger partial charge in [-0.05, 0) is 25.0 Å². The Morgan fingerprint density at radius 3 is 2.65 bits per heavy atom. The van der Waals surface area contributed by atoms with Crippen molar-refractivity contribution in [3.05, 3.63) is 42.5 Å². The van der Waals surface area contributed by atoms with Gasteiger partial charge in [-0.3, -0.25) is 4.79 Å². The predicted molar refractivity (Wildman–Crippen MR) is 82.0 cm³/mol. The Morgan fingerprint density at radius 1 is 1.40 bits per heavy atom. The summed E-state index contributed by atoms with van der Waals surface area (Å²) in [6, 6.07) is 7.16. The van der Waals surface area contributed by atoms with Gasteiger partial charge in [-0.15, -0.1) is 0 Å². The maximum Gasteiger partial charge on any atom is 0.255 e. The van der Waals surface area contributed by atoms with Crippen molar-refractivity contribution in [3.8, 4) is 5.75 Å². The van der Waals surface area contributed by atoms with Crippen molar-refractivity contribution < 1.29 is 9.53 Å². The zero-order valence-electron chi connectivity index (χ0n) is 12.3. The summed E-state index contributed by atoms with van der Waals surface area (Å²) >= 11 is 0. The molecule has 0 saturated carbocycles. The van der Waals surface area contributed by atoms with E-state index in [0.717, 1.165) is 12.8 Å². The fourth-order valence-electron chi connectivity index (χ4n) is 1.78. The van der Waals surface area contributed by atoms with Crippen LogP contribution in [0.2, 0.25) is 0 Å². The molecule has 0 bridgehead atoms. The summed E-state index contributed by atoms with van der Waals surface area (Å²) in [4.78, 5) is 12.2. The molecule has 1 rings (SSSR count). The van der Waals surface area contributed by atoms with Crippen molar-refractivity contribution in [3.63, 3.8) is 0 Å². The third-order valence-corrected chi connectivity index (χ3v) is 3.50. The van der Waals surface area contributed by atoms with E-state index in [9.17, 15) is 4.79 Å². The van der Waals surface area contributed by atoms with Crippen LogP contribution in [-0.2, 0) is 0 Å². The fourth-order valence-corrected chi connectivity index (χ4v) is 1.78. The van der Waals surface area contributed by atoms with Gasteiger partial charge in [0.25, 0.3) is 5.91 Å². The van der Waals surface area contributed by atoms with Crippen LogP contribution in [0.25, 0.3) is 0 Å². The average molecular weight is 276 g/mol. The summed E-state index contributed by atoms with van der Waals surface area (Å²) in [5, 5.41) is 2.89. The van der Waals surface area contributed by atoms with Gasteiger partial charge in [0, 0.05) is 12.1 Å². The van der Waals surface area contributed by atoms with Crippen LogP contribution in [-0.4, -0.2) is 24.6 Å². The normalized spacial score (nSPS) is 10.9. The van der Waals surface area contributed by atoms with Crippen LogP contribution in [0.3, 0.4) is 0 Å². The van der Waals surface area contributed by atoms with E-state index in [1.54, 1.807) is 18.2 Å². The van der Waals surface area contributed by atoms with Gasteiger partial charge in [0.2, 0.25) is 0 Å². The molecule has 4 heteroatoms. The van der Waals surface area contributed by atoms with Gasteiger partial charge in [-0.1, -0.05) is 38.6 Å². The van der Waals surface area contributed by atoms with Crippen LogP contribution in [0.1, 0.15) is 37.0 Å². The molecule has 0 heterocycles. The van der Waals surface area contributed by atoms with E-state index < -0.39 is 0 Å². The third-order valence-electron chi connectivity index (χ3n) is 3.50. The first kappa shape index (κ1) is 16.2. The lowest BCUT2D eigenvalue weighted by Crippen LogP contribution is -2.49. The summed E-state index contributed by atoms with van der Waals surface area (Å²) in [5.41, 5.74) is 6.34. The molecule has 20 heavy (non-hydrogen) atoms. The lowest BCUT2D eigenvalue weighted by atomic mass is 9.94. The van der Waals surface area contributed by atoms with E-state index in [2.05, 4.69) is 11.9 Å². The van der Waals surface area contributed by atoms with E-state index in [0.29, 0.717) is 24.5 Å². The van der Waals surface area contributed by atoms with Crippen molar-refractivity contribution in [2.24, 2.45) is 5.73 Å². The molecule has 0 spiro atoms. The monoisotopic (exact) mass is 276 g/mol. The molecule has 0 aliphatic heterocycles. The Balaban J connectivity index is 2.74.